The molecule has 2 N–H and O–H groups in total. The first-order valence-corrected chi connectivity index (χ1v) is 12.3. The SMILES string of the molecule is Cc1ccc(-c2nc(C(C)(C)C)nc3cc(-c4ccc(NS(C)(=O)=O)cc4)cnc23)c(=O)[nH]1. The zero-order valence-corrected chi connectivity index (χ0v) is 19.9. The van der Waals surface area contributed by atoms with Gasteiger partial charge < -0.3 is 4.98 Å². The maximum atomic E-state index is 12.7. The van der Waals surface area contributed by atoms with Crippen LogP contribution >= 0.6 is 0 Å². The zero-order chi connectivity index (χ0) is 24.0. The summed E-state index contributed by atoms with van der Waals surface area (Å²) in [6.07, 6.45) is 2.81. The fraction of sp³-hybridized carbons (Fsp3) is 0.250. The Bertz CT molecular complexity index is 1520. The van der Waals surface area contributed by atoms with Crippen LogP contribution < -0.4 is 10.3 Å². The van der Waals surface area contributed by atoms with E-state index in [0.717, 1.165) is 23.1 Å². The normalized spacial score (nSPS) is 12.2. The monoisotopic (exact) mass is 463 g/mol. The van der Waals surface area contributed by atoms with Gasteiger partial charge in [0.1, 0.15) is 17.0 Å². The predicted molar refractivity (Wildman–Crippen MR) is 131 cm³/mol. The third kappa shape index (κ3) is 4.93. The van der Waals surface area contributed by atoms with E-state index in [0.29, 0.717) is 33.8 Å². The highest BCUT2D eigenvalue weighted by atomic mass is 32.2. The molecule has 0 atom stereocenters. The van der Waals surface area contributed by atoms with Crippen LogP contribution in [0.4, 0.5) is 5.69 Å². The van der Waals surface area contributed by atoms with E-state index in [4.69, 9.17) is 9.97 Å². The molecule has 4 aromatic rings. The molecule has 0 unspecified atom stereocenters. The number of aryl methyl sites for hydroxylation is 1. The number of benzene rings is 1. The molecule has 3 heterocycles. The zero-order valence-electron chi connectivity index (χ0n) is 19.1. The first kappa shape index (κ1) is 22.6. The van der Waals surface area contributed by atoms with Gasteiger partial charge in [0.25, 0.3) is 5.56 Å². The van der Waals surface area contributed by atoms with Crippen LogP contribution in [0.25, 0.3) is 33.4 Å². The summed E-state index contributed by atoms with van der Waals surface area (Å²) in [4.78, 5) is 29.6. The Balaban J connectivity index is 1.87. The molecule has 170 valence electrons. The van der Waals surface area contributed by atoms with Gasteiger partial charge in [0.05, 0.1) is 17.3 Å². The molecular weight excluding hydrogens is 438 g/mol. The molecule has 1 aromatic carbocycles. The molecule has 0 aliphatic carbocycles. The molecule has 0 bridgehead atoms. The van der Waals surface area contributed by atoms with Crippen molar-refractivity contribution in [2.24, 2.45) is 0 Å². The van der Waals surface area contributed by atoms with Gasteiger partial charge >= 0.3 is 0 Å². The number of hydrogen-bond acceptors (Lipinski definition) is 6. The number of H-pyrrole nitrogens is 1. The van der Waals surface area contributed by atoms with Crippen molar-refractivity contribution in [3.63, 3.8) is 0 Å². The van der Waals surface area contributed by atoms with Crippen molar-refractivity contribution in [3.8, 4) is 22.4 Å². The van der Waals surface area contributed by atoms with Crippen molar-refractivity contribution in [3.05, 3.63) is 70.5 Å². The van der Waals surface area contributed by atoms with Gasteiger partial charge in [-0.05, 0) is 42.8 Å². The van der Waals surface area contributed by atoms with Crippen LogP contribution in [-0.4, -0.2) is 34.6 Å². The van der Waals surface area contributed by atoms with Crippen molar-refractivity contribution in [2.75, 3.05) is 11.0 Å². The van der Waals surface area contributed by atoms with Crippen LogP contribution in [0, 0.1) is 6.92 Å². The van der Waals surface area contributed by atoms with Gasteiger partial charge in [-0.2, -0.15) is 0 Å². The highest BCUT2D eigenvalue weighted by molar-refractivity contribution is 7.92. The van der Waals surface area contributed by atoms with Crippen LogP contribution in [0.1, 0.15) is 32.3 Å². The smallest absolute Gasteiger partial charge is 0.257 e. The molecule has 0 saturated carbocycles. The number of fused-ring (bicyclic) bond motifs is 1. The van der Waals surface area contributed by atoms with E-state index >= 15 is 0 Å². The topological polar surface area (TPSA) is 118 Å². The fourth-order valence-corrected chi connectivity index (χ4v) is 3.97. The van der Waals surface area contributed by atoms with E-state index in [2.05, 4.69) is 14.7 Å². The van der Waals surface area contributed by atoms with E-state index in [-0.39, 0.29) is 11.0 Å². The van der Waals surface area contributed by atoms with Crippen molar-refractivity contribution in [1.82, 2.24) is 19.9 Å². The van der Waals surface area contributed by atoms with Gasteiger partial charge in [-0.1, -0.05) is 32.9 Å². The lowest BCUT2D eigenvalue weighted by molar-refractivity contribution is 0.549. The highest BCUT2D eigenvalue weighted by Crippen LogP contribution is 2.30. The Labute approximate surface area is 192 Å². The minimum atomic E-state index is -3.35. The van der Waals surface area contributed by atoms with Crippen molar-refractivity contribution >= 4 is 26.7 Å². The molecule has 9 heteroatoms. The van der Waals surface area contributed by atoms with Gasteiger partial charge in [-0.25, -0.2) is 18.4 Å². The number of nitrogens with zero attached hydrogens (tertiary/aromatic N) is 3. The average molecular weight is 464 g/mol. The third-order valence-electron chi connectivity index (χ3n) is 5.04. The molecule has 0 fully saturated rings. The second-order valence-electron chi connectivity index (χ2n) is 9.07. The number of anilines is 1. The van der Waals surface area contributed by atoms with Crippen LogP contribution in [0.3, 0.4) is 0 Å². The van der Waals surface area contributed by atoms with Crippen molar-refractivity contribution < 1.29 is 8.42 Å². The minimum absolute atomic E-state index is 0.227. The number of sulfonamides is 1. The lowest BCUT2D eigenvalue weighted by Crippen LogP contribution is -2.18. The highest BCUT2D eigenvalue weighted by Gasteiger charge is 2.22. The quantitative estimate of drug-likeness (QED) is 0.472. The lowest BCUT2D eigenvalue weighted by atomic mass is 9.95. The Morgan fingerprint density at radius 1 is 0.970 bits per heavy atom. The summed E-state index contributed by atoms with van der Waals surface area (Å²) in [7, 11) is -3.35. The van der Waals surface area contributed by atoms with Crippen LogP contribution in [0.2, 0.25) is 0 Å². The van der Waals surface area contributed by atoms with Crippen molar-refractivity contribution in [1.29, 1.82) is 0 Å². The van der Waals surface area contributed by atoms with E-state index < -0.39 is 10.0 Å². The maximum Gasteiger partial charge on any atom is 0.257 e. The molecule has 33 heavy (non-hydrogen) atoms. The largest absolute Gasteiger partial charge is 0.326 e. The molecule has 0 spiro atoms. The fourth-order valence-electron chi connectivity index (χ4n) is 3.40. The van der Waals surface area contributed by atoms with Crippen LogP contribution in [0.5, 0.6) is 0 Å². The molecule has 8 nitrogen and oxygen atoms in total. The first-order valence-electron chi connectivity index (χ1n) is 10.4. The van der Waals surface area contributed by atoms with Gasteiger partial charge in [-0.3, -0.25) is 14.5 Å². The Morgan fingerprint density at radius 3 is 2.27 bits per heavy atom. The van der Waals surface area contributed by atoms with E-state index in [1.165, 1.54) is 0 Å². The van der Waals surface area contributed by atoms with Gasteiger partial charge in [0.2, 0.25) is 10.0 Å². The first-order chi connectivity index (χ1) is 15.4. The molecule has 4 rings (SSSR count). The molecule has 0 amide bonds. The molecule has 0 aliphatic heterocycles. The van der Waals surface area contributed by atoms with Gasteiger partial charge in [0.15, 0.2) is 0 Å². The number of rotatable bonds is 4. The number of aromatic nitrogens is 4. The average Bonchev–Trinajstić information content (AvgIpc) is 2.71. The van der Waals surface area contributed by atoms with Gasteiger partial charge in [0, 0.05) is 28.6 Å². The summed E-state index contributed by atoms with van der Waals surface area (Å²) in [6, 6.07) is 12.5. The summed E-state index contributed by atoms with van der Waals surface area (Å²) in [5, 5.41) is 0. The summed E-state index contributed by atoms with van der Waals surface area (Å²) < 4.78 is 25.3. The maximum absolute atomic E-state index is 12.7. The molecular formula is C24H25N5O3S. The van der Waals surface area contributed by atoms with Gasteiger partial charge in [-0.15, -0.1) is 0 Å². The Kier molecular flexibility index (Phi) is 5.53. The van der Waals surface area contributed by atoms with E-state index in [1.807, 2.05) is 52.0 Å². The summed E-state index contributed by atoms with van der Waals surface area (Å²) >= 11 is 0. The third-order valence-corrected chi connectivity index (χ3v) is 5.65. The standard InChI is InChI=1S/C24H25N5O3S/c1-14-6-11-18(22(30)26-14)20-21-19(27-23(28-20)24(2,3)4)12-16(13-25-21)15-7-9-17(10-8-15)29-33(5,31)32/h6-13,29H,1-5H3,(H,26,30). The lowest BCUT2D eigenvalue weighted by Gasteiger charge is -2.18. The molecule has 0 radical (unpaired) electrons. The summed E-state index contributed by atoms with van der Waals surface area (Å²) in [6.45, 7) is 7.87. The minimum Gasteiger partial charge on any atom is -0.326 e. The van der Waals surface area contributed by atoms with Crippen LogP contribution in [0.15, 0.2) is 53.5 Å². The number of hydrogen-bond donors (Lipinski definition) is 2. The van der Waals surface area contributed by atoms with Crippen molar-refractivity contribution in [2.45, 2.75) is 33.1 Å². The van der Waals surface area contributed by atoms with E-state index in [1.54, 1.807) is 24.4 Å². The Morgan fingerprint density at radius 2 is 1.67 bits per heavy atom. The predicted octanol–water partition coefficient (Wildman–Crippen LogP) is 4.02. The Hall–Kier alpha value is -3.59. The summed E-state index contributed by atoms with van der Waals surface area (Å²) in [5.74, 6) is 0.608. The van der Waals surface area contributed by atoms with Crippen LogP contribution in [-0.2, 0) is 15.4 Å². The number of pyridine rings is 2. The van der Waals surface area contributed by atoms with E-state index in [9.17, 15) is 13.2 Å². The molecule has 0 aliphatic rings. The second-order valence-corrected chi connectivity index (χ2v) is 10.8. The molecule has 3 aromatic heterocycles. The summed E-state index contributed by atoms with van der Waals surface area (Å²) in [5.41, 5.74) is 4.45. The second kappa shape index (κ2) is 8.08. The molecule has 0 saturated heterocycles. The number of nitrogens with one attached hydrogen (secondary N) is 2. The number of aromatic amines is 1.